The van der Waals surface area contributed by atoms with Crippen LogP contribution in [0, 0.1) is 0 Å². The van der Waals surface area contributed by atoms with Gasteiger partial charge < -0.3 is 9.80 Å². The predicted molar refractivity (Wildman–Crippen MR) is 72.4 cm³/mol. The maximum atomic E-state index is 12.1. The molecule has 4 nitrogen and oxygen atoms in total. The molecule has 2 unspecified atom stereocenters. The third-order valence-corrected chi connectivity index (χ3v) is 4.57. The summed E-state index contributed by atoms with van der Waals surface area (Å²) in [7, 11) is 2.14. The maximum Gasteiger partial charge on any atom is 0.238 e. The van der Waals surface area contributed by atoms with Gasteiger partial charge in [-0.2, -0.15) is 11.3 Å². The smallest absolute Gasteiger partial charge is 0.238 e. The Bertz CT molecular complexity index is 420. The number of nitrogens with one attached hydrogen (secondary N) is 1. The average molecular weight is 265 g/mol. The van der Waals surface area contributed by atoms with Crippen LogP contribution in [0.15, 0.2) is 16.8 Å². The summed E-state index contributed by atoms with van der Waals surface area (Å²) in [5.74, 6) is 0.242. The fourth-order valence-electron chi connectivity index (χ4n) is 3.01. The summed E-state index contributed by atoms with van der Waals surface area (Å²) in [5, 5.41) is 7.54. The van der Waals surface area contributed by atoms with Gasteiger partial charge in [0, 0.05) is 12.6 Å². The van der Waals surface area contributed by atoms with E-state index in [9.17, 15) is 4.79 Å². The molecule has 2 saturated heterocycles. The van der Waals surface area contributed by atoms with E-state index >= 15 is 0 Å². The summed E-state index contributed by atoms with van der Waals surface area (Å²) in [6.07, 6.45) is 2.39. The molecule has 2 aliphatic heterocycles. The van der Waals surface area contributed by atoms with Gasteiger partial charge in [0.15, 0.2) is 0 Å². The second-order valence-corrected chi connectivity index (χ2v) is 5.98. The Labute approximate surface area is 112 Å². The van der Waals surface area contributed by atoms with Crippen LogP contribution in [0.5, 0.6) is 0 Å². The van der Waals surface area contributed by atoms with Crippen LogP contribution in [-0.2, 0) is 4.79 Å². The van der Waals surface area contributed by atoms with E-state index in [1.807, 2.05) is 0 Å². The highest BCUT2D eigenvalue weighted by molar-refractivity contribution is 7.07. The molecule has 18 heavy (non-hydrogen) atoms. The second kappa shape index (κ2) is 4.99. The van der Waals surface area contributed by atoms with Crippen molar-refractivity contribution in [3.8, 4) is 0 Å². The minimum Gasteiger partial charge on any atom is -0.318 e. The molecule has 3 heterocycles. The van der Waals surface area contributed by atoms with Crippen LogP contribution in [0.25, 0.3) is 0 Å². The summed E-state index contributed by atoms with van der Waals surface area (Å²) < 4.78 is 0. The Morgan fingerprint density at radius 2 is 2.39 bits per heavy atom. The molecule has 1 N–H and O–H groups in total. The van der Waals surface area contributed by atoms with E-state index in [1.165, 1.54) is 12.0 Å². The minimum atomic E-state index is 0.0836. The van der Waals surface area contributed by atoms with Crippen LogP contribution in [0.4, 0.5) is 0 Å². The molecule has 0 spiro atoms. The number of hydrogen-bond donors (Lipinski definition) is 1. The number of likely N-dealkylation sites (N-methyl/N-ethyl adjacent to an activating group) is 1. The standard InChI is InChI=1S/C13H19N3OS/c1-15-5-2-3-11(8-15)16-12(17)7-14-13(16)10-4-6-18-9-10/h4,6,9,11,13-14H,2-3,5,7-8H2,1H3. The van der Waals surface area contributed by atoms with Crippen molar-refractivity contribution in [2.24, 2.45) is 0 Å². The largest absolute Gasteiger partial charge is 0.318 e. The topological polar surface area (TPSA) is 35.6 Å². The van der Waals surface area contributed by atoms with Gasteiger partial charge in [-0.3, -0.25) is 10.1 Å². The summed E-state index contributed by atoms with van der Waals surface area (Å²) in [6, 6.07) is 2.47. The van der Waals surface area contributed by atoms with Crippen LogP contribution in [-0.4, -0.2) is 48.4 Å². The van der Waals surface area contributed by atoms with Crippen LogP contribution in [0.2, 0.25) is 0 Å². The van der Waals surface area contributed by atoms with Gasteiger partial charge in [0.05, 0.1) is 6.54 Å². The molecule has 0 bridgehead atoms. The highest BCUT2D eigenvalue weighted by atomic mass is 32.1. The first kappa shape index (κ1) is 12.1. The van der Waals surface area contributed by atoms with Gasteiger partial charge in [-0.1, -0.05) is 0 Å². The number of thiophene rings is 1. The quantitative estimate of drug-likeness (QED) is 0.875. The summed E-state index contributed by atoms with van der Waals surface area (Å²) in [6.45, 7) is 2.61. The highest BCUT2D eigenvalue weighted by Crippen LogP contribution is 2.29. The van der Waals surface area contributed by atoms with E-state index in [1.54, 1.807) is 11.3 Å². The lowest BCUT2D eigenvalue weighted by Gasteiger charge is -2.38. The van der Waals surface area contributed by atoms with E-state index in [-0.39, 0.29) is 12.1 Å². The number of likely N-dealkylation sites (tertiary alicyclic amines) is 1. The fraction of sp³-hybridized carbons (Fsp3) is 0.615. The zero-order chi connectivity index (χ0) is 12.5. The molecule has 0 saturated carbocycles. The van der Waals surface area contributed by atoms with Gasteiger partial charge in [-0.15, -0.1) is 0 Å². The first-order valence-electron chi connectivity index (χ1n) is 6.51. The van der Waals surface area contributed by atoms with Gasteiger partial charge in [0.25, 0.3) is 0 Å². The SMILES string of the molecule is CN1CCCC(N2C(=O)CNC2c2ccsc2)C1. The third kappa shape index (κ3) is 2.18. The normalized spacial score (nSPS) is 30.1. The van der Waals surface area contributed by atoms with Crippen molar-refractivity contribution in [2.45, 2.75) is 25.0 Å². The van der Waals surface area contributed by atoms with Crippen LogP contribution >= 0.6 is 11.3 Å². The zero-order valence-electron chi connectivity index (χ0n) is 10.6. The molecule has 1 amide bonds. The molecule has 0 aromatic carbocycles. The van der Waals surface area contributed by atoms with E-state index in [0.29, 0.717) is 12.6 Å². The molecule has 1 aromatic rings. The Kier molecular flexibility index (Phi) is 3.37. The van der Waals surface area contributed by atoms with E-state index < -0.39 is 0 Å². The van der Waals surface area contributed by atoms with Crippen molar-refractivity contribution in [1.82, 2.24) is 15.1 Å². The number of hydrogen-bond acceptors (Lipinski definition) is 4. The molecule has 0 aliphatic carbocycles. The molecular formula is C13H19N3OS. The molecule has 2 atom stereocenters. The summed E-state index contributed by atoms with van der Waals surface area (Å²) in [5.41, 5.74) is 1.22. The van der Waals surface area contributed by atoms with Gasteiger partial charge in [-0.25, -0.2) is 0 Å². The lowest BCUT2D eigenvalue weighted by Crippen LogP contribution is -2.48. The number of rotatable bonds is 2. The fourth-order valence-corrected chi connectivity index (χ4v) is 3.69. The lowest BCUT2D eigenvalue weighted by molar-refractivity contribution is -0.131. The first-order chi connectivity index (χ1) is 8.75. The Balaban J connectivity index is 1.81. The van der Waals surface area contributed by atoms with Crippen molar-refractivity contribution in [1.29, 1.82) is 0 Å². The van der Waals surface area contributed by atoms with E-state index in [2.05, 4.69) is 39.0 Å². The Morgan fingerprint density at radius 3 is 3.11 bits per heavy atom. The van der Waals surface area contributed by atoms with Gasteiger partial charge in [0.1, 0.15) is 6.17 Å². The molecule has 98 valence electrons. The van der Waals surface area contributed by atoms with E-state index in [4.69, 9.17) is 0 Å². The summed E-state index contributed by atoms with van der Waals surface area (Å²) in [4.78, 5) is 16.5. The molecule has 1 aromatic heterocycles. The molecule has 3 rings (SSSR count). The molecule has 0 radical (unpaired) electrons. The van der Waals surface area contributed by atoms with E-state index in [0.717, 1.165) is 19.5 Å². The molecule has 5 heteroatoms. The van der Waals surface area contributed by atoms with Crippen LogP contribution < -0.4 is 5.32 Å². The number of amides is 1. The Morgan fingerprint density at radius 1 is 1.50 bits per heavy atom. The summed E-state index contributed by atoms with van der Waals surface area (Å²) >= 11 is 1.69. The number of carbonyl (C=O) groups is 1. The van der Waals surface area contributed by atoms with Crippen molar-refractivity contribution < 1.29 is 4.79 Å². The van der Waals surface area contributed by atoms with Crippen molar-refractivity contribution in [2.75, 3.05) is 26.7 Å². The van der Waals surface area contributed by atoms with Gasteiger partial charge in [0.2, 0.25) is 5.91 Å². The second-order valence-electron chi connectivity index (χ2n) is 5.20. The minimum absolute atomic E-state index is 0.0836. The molecular weight excluding hydrogens is 246 g/mol. The lowest BCUT2D eigenvalue weighted by atomic mass is 10.0. The number of carbonyl (C=O) groups excluding carboxylic acids is 1. The number of piperidine rings is 1. The monoisotopic (exact) mass is 265 g/mol. The van der Waals surface area contributed by atoms with Crippen LogP contribution in [0.3, 0.4) is 0 Å². The third-order valence-electron chi connectivity index (χ3n) is 3.86. The molecule has 2 aliphatic rings. The predicted octanol–water partition coefficient (Wildman–Crippen LogP) is 1.27. The van der Waals surface area contributed by atoms with Crippen molar-refractivity contribution >= 4 is 17.2 Å². The van der Waals surface area contributed by atoms with Crippen molar-refractivity contribution in [3.63, 3.8) is 0 Å². The van der Waals surface area contributed by atoms with Crippen molar-refractivity contribution in [3.05, 3.63) is 22.4 Å². The highest BCUT2D eigenvalue weighted by Gasteiger charge is 2.38. The Hall–Kier alpha value is -0.910. The maximum absolute atomic E-state index is 12.1. The van der Waals surface area contributed by atoms with Crippen LogP contribution in [0.1, 0.15) is 24.6 Å². The van der Waals surface area contributed by atoms with Gasteiger partial charge >= 0.3 is 0 Å². The molecule has 2 fully saturated rings. The average Bonchev–Trinajstić information content (AvgIpc) is 2.97. The zero-order valence-corrected chi connectivity index (χ0v) is 11.4. The number of nitrogens with zero attached hydrogens (tertiary/aromatic N) is 2. The van der Waals surface area contributed by atoms with Gasteiger partial charge in [-0.05, 0) is 48.8 Å². The first-order valence-corrected chi connectivity index (χ1v) is 7.45.